The van der Waals surface area contributed by atoms with E-state index in [2.05, 4.69) is 10.4 Å². The lowest BCUT2D eigenvalue weighted by Gasteiger charge is -1.97. The fraction of sp³-hybridized carbons (Fsp3) is 0.600. The molecule has 0 spiro atoms. The van der Waals surface area contributed by atoms with E-state index in [0.717, 1.165) is 35.0 Å². The maximum Gasteiger partial charge on any atom is 0.303 e. The molecule has 0 aliphatic heterocycles. The molecule has 0 amide bonds. The average Bonchev–Trinajstić information content (AvgIpc) is 2.57. The van der Waals surface area contributed by atoms with Gasteiger partial charge in [0.2, 0.25) is 0 Å². The Labute approximate surface area is 97.9 Å². The largest absolute Gasteiger partial charge is 0.481 e. The molecule has 0 fully saturated rings. The monoisotopic (exact) mass is 244 g/mol. The van der Waals surface area contributed by atoms with Crippen LogP contribution in [0, 0.1) is 12.3 Å². The molecule has 0 saturated heterocycles. The fourth-order valence-electron chi connectivity index (χ4n) is 1.08. The Morgan fingerprint density at radius 3 is 2.93 bits per heavy atom. The molecule has 1 radical (unpaired) electrons. The van der Waals surface area contributed by atoms with Gasteiger partial charge in [-0.05, 0) is 19.8 Å². The smallest absolute Gasteiger partial charge is 0.303 e. The number of rotatable bonds is 7. The maximum atomic E-state index is 10.2. The number of nitrogens with zero attached hydrogens (tertiary/aromatic N) is 1. The highest BCUT2D eigenvalue weighted by Gasteiger charge is 2.00. The van der Waals surface area contributed by atoms with Gasteiger partial charge in [0, 0.05) is 12.2 Å². The van der Waals surface area contributed by atoms with Gasteiger partial charge in [0.15, 0.2) is 4.34 Å². The molecule has 1 heterocycles. The Hall–Kier alpha value is -0.550. The van der Waals surface area contributed by atoms with Gasteiger partial charge in [0.1, 0.15) is 0 Å². The molecule has 15 heavy (non-hydrogen) atoms. The van der Waals surface area contributed by atoms with Crippen LogP contribution in [0.3, 0.4) is 0 Å². The summed E-state index contributed by atoms with van der Waals surface area (Å²) in [6.45, 7) is 1.94. The highest BCUT2D eigenvalue weighted by Crippen LogP contribution is 2.22. The number of thioether (sulfide) groups is 1. The Bertz CT molecular complexity index is 312. The summed E-state index contributed by atoms with van der Waals surface area (Å²) in [5.41, 5.74) is 0.952. The first kappa shape index (κ1) is 12.5. The molecule has 0 aliphatic carbocycles. The number of unbranched alkanes of at least 4 members (excludes halogenated alkanes) is 2. The predicted octanol–water partition coefficient (Wildman–Crippen LogP) is 2.99. The van der Waals surface area contributed by atoms with Crippen molar-refractivity contribution in [2.45, 2.75) is 36.9 Å². The second-order valence-corrected chi connectivity index (χ2v) is 5.36. The third kappa shape index (κ3) is 5.79. The summed E-state index contributed by atoms with van der Waals surface area (Å²) >= 11 is 3.28. The minimum absolute atomic E-state index is 0.287. The van der Waals surface area contributed by atoms with Crippen LogP contribution in [0.1, 0.15) is 31.4 Å². The van der Waals surface area contributed by atoms with Gasteiger partial charge in [-0.3, -0.25) is 4.79 Å². The first-order valence-electron chi connectivity index (χ1n) is 4.88. The number of aliphatic carboxylic acids is 1. The van der Waals surface area contributed by atoms with E-state index in [1.807, 2.05) is 6.92 Å². The highest BCUT2D eigenvalue weighted by atomic mass is 32.2. The van der Waals surface area contributed by atoms with Crippen molar-refractivity contribution in [2.75, 3.05) is 5.75 Å². The van der Waals surface area contributed by atoms with Crippen LogP contribution in [0.25, 0.3) is 0 Å². The molecule has 0 aliphatic rings. The van der Waals surface area contributed by atoms with Crippen molar-refractivity contribution in [1.29, 1.82) is 0 Å². The van der Waals surface area contributed by atoms with Gasteiger partial charge in [-0.2, -0.15) is 0 Å². The molecule has 1 aromatic heterocycles. The molecule has 0 atom stereocenters. The topological polar surface area (TPSA) is 50.2 Å². The van der Waals surface area contributed by atoms with Crippen molar-refractivity contribution in [2.24, 2.45) is 0 Å². The van der Waals surface area contributed by atoms with E-state index in [-0.39, 0.29) is 6.42 Å². The lowest BCUT2D eigenvalue weighted by Crippen LogP contribution is -1.93. The number of carboxylic acid groups (broad SMARTS) is 1. The number of thiazole rings is 1. The van der Waals surface area contributed by atoms with E-state index >= 15 is 0 Å². The lowest BCUT2D eigenvalue weighted by molar-refractivity contribution is -0.137. The van der Waals surface area contributed by atoms with Gasteiger partial charge < -0.3 is 5.11 Å². The second-order valence-electron chi connectivity index (χ2n) is 3.22. The minimum Gasteiger partial charge on any atom is -0.481 e. The molecule has 0 bridgehead atoms. The van der Waals surface area contributed by atoms with E-state index in [1.165, 1.54) is 0 Å². The fourth-order valence-corrected chi connectivity index (χ4v) is 2.87. The molecular weight excluding hydrogens is 230 g/mol. The summed E-state index contributed by atoms with van der Waals surface area (Å²) in [6.07, 6.45) is 3.09. The molecule has 3 nitrogen and oxygen atoms in total. The zero-order valence-electron chi connectivity index (χ0n) is 8.65. The minimum atomic E-state index is -0.701. The van der Waals surface area contributed by atoms with Crippen molar-refractivity contribution >= 4 is 29.1 Å². The molecule has 5 heteroatoms. The normalized spacial score (nSPS) is 10.5. The van der Waals surface area contributed by atoms with Crippen LogP contribution in [0.2, 0.25) is 0 Å². The van der Waals surface area contributed by atoms with Crippen molar-refractivity contribution in [3.63, 3.8) is 0 Å². The molecule has 1 rings (SSSR count). The standard InChI is InChI=1S/C10H14NO2S2/c1-8-7-15-10(11-8)14-6-4-2-3-5-9(12)13/h2-6H2,1H3,(H,12,13). The second kappa shape index (κ2) is 6.85. The van der Waals surface area contributed by atoms with E-state index < -0.39 is 5.97 Å². The molecule has 1 aromatic rings. The van der Waals surface area contributed by atoms with Gasteiger partial charge in [-0.15, -0.1) is 11.3 Å². The lowest BCUT2D eigenvalue weighted by atomic mass is 10.2. The van der Waals surface area contributed by atoms with Crippen LogP contribution in [-0.2, 0) is 4.79 Å². The SMILES string of the molecule is Cc1[c]sc(SCCCCCC(=O)O)n1. The number of hydrogen-bond acceptors (Lipinski definition) is 4. The van der Waals surface area contributed by atoms with Gasteiger partial charge in [0.25, 0.3) is 0 Å². The number of carboxylic acids is 1. The third-order valence-corrected chi connectivity index (χ3v) is 3.90. The summed E-state index contributed by atoms with van der Waals surface area (Å²) in [4.78, 5) is 14.5. The molecule has 0 saturated carbocycles. The van der Waals surface area contributed by atoms with Crippen molar-refractivity contribution in [3.8, 4) is 0 Å². The van der Waals surface area contributed by atoms with E-state index in [1.54, 1.807) is 23.1 Å². The predicted molar refractivity (Wildman–Crippen MR) is 62.5 cm³/mol. The summed E-state index contributed by atoms with van der Waals surface area (Å²) in [7, 11) is 0. The molecule has 0 aromatic carbocycles. The van der Waals surface area contributed by atoms with Gasteiger partial charge in [0.05, 0.1) is 11.1 Å². The molecular formula is C10H14NO2S2. The van der Waals surface area contributed by atoms with Crippen LogP contribution in [0.15, 0.2) is 4.34 Å². The van der Waals surface area contributed by atoms with Crippen LogP contribution in [0.4, 0.5) is 0 Å². The average molecular weight is 244 g/mol. The van der Waals surface area contributed by atoms with Gasteiger partial charge in [-0.1, -0.05) is 18.2 Å². The van der Waals surface area contributed by atoms with Crippen LogP contribution >= 0.6 is 23.1 Å². The van der Waals surface area contributed by atoms with Crippen LogP contribution in [-0.4, -0.2) is 21.8 Å². The first-order valence-corrected chi connectivity index (χ1v) is 6.68. The summed E-state index contributed by atoms with van der Waals surface area (Å²) in [6, 6.07) is 0. The zero-order valence-corrected chi connectivity index (χ0v) is 10.3. The Morgan fingerprint density at radius 1 is 1.53 bits per heavy atom. The number of carbonyl (C=O) groups is 1. The molecule has 83 valence electrons. The molecule has 0 unspecified atom stereocenters. The van der Waals surface area contributed by atoms with Gasteiger partial charge in [-0.25, -0.2) is 4.98 Å². The Kier molecular flexibility index (Phi) is 5.71. The summed E-state index contributed by atoms with van der Waals surface area (Å²) in [5, 5.41) is 11.5. The van der Waals surface area contributed by atoms with Crippen LogP contribution in [0.5, 0.6) is 0 Å². The number of aromatic nitrogens is 1. The van der Waals surface area contributed by atoms with E-state index in [9.17, 15) is 4.79 Å². The van der Waals surface area contributed by atoms with Gasteiger partial charge >= 0.3 is 5.97 Å². The Morgan fingerprint density at radius 2 is 2.33 bits per heavy atom. The third-order valence-electron chi connectivity index (χ3n) is 1.81. The highest BCUT2D eigenvalue weighted by molar-refractivity contribution is 8.00. The number of aryl methyl sites for hydroxylation is 1. The number of hydrogen-bond donors (Lipinski definition) is 1. The maximum absolute atomic E-state index is 10.2. The quantitative estimate of drug-likeness (QED) is 0.592. The zero-order chi connectivity index (χ0) is 11.1. The van der Waals surface area contributed by atoms with E-state index in [0.29, 0.717) is 0 Å². The summed E-state index contributed by atoms with van der Waals surface area (Å²) < 4.78 is 1.06. The summed E-state index contributed by atoms with van der Waals surface area (Å²) in [5.74, 6) is 0.313. The first-order chi connectivity index (χ1) is 7.18. The van der Waals surface area contributed by atoms with Crippen molar-refractivity contribution < 1.29 is 9.90 Å². The Balaban J connectivity index is 2.00. The van der Waals surface area contributed by atoms with E-state index in [4.69, 9.17) is 5.11 Å². The van der Waals surface area contributed by atoms with Crippen molar-refractivity contribution in [1.82, 2.24) is 4.98 Å². The molecule has 1 N–H and O–H groups in total. The van der Waals surface area contributed by atoms with Crippen molar-refractivity contribution in [3.05, 3.63) is 11.1 Å². The van der Waals surface area contributed by atoms with Crippen LogP contribution < -0.4 is 0 Å².